The lowest BCUT2D eigenvalue weighted by Gasteiger charge is -2.09. The van der Waals surface area contributed by atoms with Crippen LogP contribution in [0.5, 0.6) is 0 Å². The van der Waals surface area contributed by atoms with Crippen LogP contribution in [0.1, 0.15) is 15.9 Å². The fourth-order valence-corrected chi connectivity index (χ4v) is 2.31. The average Bonchev–Trinajstić information content (AvgIpc) is 2.60. The van der Waals surface area contributed by atoms with E-state index in [1.807, 2.05) is 0 Å². The molecule has 0 aliphatic rings. The quantitative estimate of drug-likeness (QED) is 0.791. The molecule has 0 saturated heterocycles. The van der Waals surface area contributed by atoms with Crippen LogP contribution in [0, 0.1) is 11.6 Å². The highest BCUT2D eigenvalue weighted by molar-refractivity contribution is 6.04. The smallest absolute Gasteiger partial charge is 0.257 e. The maximum absolute atomic E-state index is 13.0. The molecule has 126 valence electrons. The number of aromatic nitrogens is 1. The minimum atomic E-state index is -0.417. The molecule has 0 saturated carbocycles. The Bertz CT molecular complexity index is 948. The minimum Gasteiger partial charge on any atom is -0.322 e. The van der Waals surface area contributed by atoms with E-state index in [1.165, 1.54) is 59.3 Å². The van der Waals surface area contributed by atoms with E-state index in [0.717, 1.165) is 5.56 Å². The summed E-state index contributed by atoms with van der Waals surface area (Å²) in [6.45, 7) is 0.219. The van der Waals surface area contributed by atoms with Gasteiger partial charge < -0.3 is 9.88 Å². The van der Waals surface area contributed by atoms with Crippen LogP contribution >= 0.6 is 0 Å². The van der Waals surface area contributed by atoms with Crippen LogP contribution in [0.3, 0.4) is 0 Å². The molecule has 0 fully saturated rings. The largest absolute Gasteiger partial charge is 0.322 e. The fourth-order valence-electron chi connectivity index (χ4n) is 2.31. The summed E-state index contributed by atoms with van der Waals surface area (Å²) in [5.41, 5.74) is 1.19. The fraction of sp³-hybridized carbons (Fsp3) is 0.0526. The van der Waals surface area contributed by atoms with E-state index in [1.54, 1.807) is 12.1 Å². The minimum absolute atomic E-state index is 0.219. The lowest BCUT2D eigenvalue weighted by atomic mass is 10.2. The average molecular weight is 340 g/mol. The zero-order valence-electron chi connectivity index (χ0n) is 13.1. The van der Waals surface area contributed by atoms with Gasteiger partial charge in [0.2, 0.25) is 0 Å². The Kier molecular flexibility index (Phi) is 4.70. The normalized spacial score (nSPS) is 10.5. The topological polar surface area (TPSA) is 51.1 Å². The number of hydrogen-bond donors (Lipinski definition) is 1. The van der Waals surface area contributed by atoms with Crippen LogP contribution in [-0.4, -0.2) is 10.5 Å². The van der Waals surface area contributed by atoms with E-state index in [-0.39, 0.29) is 23.5 Å². The number of amides is 1. The number of halogens is 2. The van der Waals surface area contributed by atoms with E-state index >= 15 is 0 Å². The Morgan fingerprint density at radius 2 is 1.48 bits per heavy atom. The van der Waals surface area contributed by atoms with Gasteiger partial charge >= 0.3 is 0 Å². The monoisotopic (exact) mass is 340 g/mol. The number of anilines is 1. The highest BCUT2D eigenvalue weighted by atomic mass is 19.1. The summed E-state index contributed by atoms with van der Waals surface area (Å²) in [7, 11) is 0. The number of rotatable bonds is 4. The SMILES string of the molecule is O=C(Nc1ccc(F)cc1)c1ccc(=O)n(Cc2ccc(F)cc2)c1. The maximum Gasteiger partial charge on any atom is 0.257 e. The number of hydrogen-bond acceptors (Lipinski definition) is 2. The summed E-state index contributed by atoms with van der Waals surface area (Å²) >= 11 is 0. The Labute approximate surface area is 142 Å². The molecule has 3 aromatic rings. The van der Waals surface area contributed by atoms with Gasteiger partial charge in [0.25, 0.3) is 11.5 Å². The summed E-state index contributed by atoms with van der Waals surface area (Å²) in [5, 5.41) is 2.63. The van der Waals surface area contributed by atoms with Gasteiger partial charge in [0.05, 0.1) is 12.1 Å². The summed E-state index contributed by atoms with van der Waals surface area (Å²) in [5.74, 6) is -1.17. The molecule has 3 rings (SSSR count). The van der Waals surface area contributed by atoms with Gasteiger partial charge in [-0.2, -0.15) is 0 Å². The van der Waals surface area contributed by atoms with E-state index < -0.39 is 11.7 Å². The van der Waals surface area contributed by atoms with Crippen molar-refractivity contribution in [3.63, 3.8) is 0 Å². The third-order valence-corrected chi connectivity index (χ3v) is 3.61. The van der Waals surface area contributed by atoms with E-state index in [2.05, 4.69) is 5.32 Å². The Morgan fingerprint density at radius 1 is 0.880 bits per heavy atom. The molecule has 25 heavy (non-hydrogen) atoms. The lowest BCUT2D eigenvalue weighted by molar-refractivity contribution is 0.102. The summed E-state index contributed by atoms with van der Waals surface area (Å²) in [6.07, 6.45) is 1.44. The van der Waals surface area contributed by atoms with Crippen molar-refractivity contribution < 1.29 is 13.6 Å². The molecule has 1 aromatic heterocycles. The molecule has 2 aromatic carbocycles. The van der Waals surface area contributed by atoms with Crippen LogP contribution < -0.4 is 10.9 Å². The first-order chi connectivity index (χ1) is 12.0. The van der Waals surface area contributed by atoms with Crippen molar-refractivity contribution >= 4 is 11.6 Å². The van der Waals surface area contributed by atoms with Crippen LogP contribution in [0.25, 0.3) is 0 Å². The number of benzene rings is 2. The summed E-state index contributed by atoms with van der Waals surface area (Å²) in [4.78, 5) is 24.3. The van der Waals surface area contributed by atoms with Crippen molar-refractivity contribution in [1.29, 1.82) is 0 Å². The molecule has 1 N–H and O–H groups in total. The summed E-state index contributed by atoms with van der Waals surface area (Å²) in [6, 6.07) is 13.9. The number of pyridine rings is 1. The predicted molar refractivity (Wildman–Crippen MR) is 90.6 cm³/mol. The van der Waals surface area contributed by atoms with Crippen molar-refractivity contribution in [2.45, 2.75) is 6.54 Å². The van der Waals surface area contributed by atoms with Crippen molar-refractivity contribution in [2.24, 2.45) is 0 Å². The molecule has 1 amide bonds. The molecule has 0 aliphatic heterocycles. The second-order valence-corrected chi connectivity index (χ2v) is 5.47. The van der Waals surface area contributed by atoms with Crippen molar-refractivity contribution in [3.8, 4) is 0 Å². The molecule has 1 heterocycles. The molecule has 0 atom stereocenters. The Balaban J connectivity index is 1.80. The van der Waals surface area contributed by atoms with E-state index in [0.29, 0.717) is 5.69 Å². The van der Waals surface area contributed by atoms with Crippen LogP contribution in [-0.2, 0) is 6.54 Å². The molecule has 0 unspecified atom stereocenters. The van der Waals surface area contributed by atoms with Crippen LogP contribution in [0.15, 0.2) is 71.7 Å². The van der Waals surface area contributed by atoms with Crippen LogP contribution in [0.4, 0.5) is 14.5 Å². The standard InChI is InChI=1S/C19H14F2N2O2/c20-15-4-1-13(2-5-15)11-23-12-14(3-10-18(23)24)19(25)22-17-8-6-16(21)7-9-17/h1-10,12H,11H2,(H,22,25). The number of nitrogens with zero attached hydrogens (tertiary/aromatic N) is 1. The molecule has 0 bridgehead atoms. The van der Waals surface area contributed by atoms with Gasteiger partial charge in [-0.15, -0.1) is 0 Å². The van der Waals surface area contributed by atoms with Crippen molar-refractivity contribution in [1.82, 2.24) is 4.57 Å². The second-order valence-electron chi connectivity index (χ2n) is 5.47. The van der Waals surface area contributed by atoms with Gasteiger partial charge in [0.15, 0.2) is 0 Å². The first-order valence-corrected chi connectivity index (χ1v) is 7.53. The molecular formula is C19H14F2N2O2. The first-order valence-electron chi connectivity index (χ1n) is 7.53. The van der Waals surface area contributed by atoms with Gasteiger partial charge in [-0.3, -0.25) is 9.59 Å². The highest BCUT2D eigenvalue weighted by Crippen LogP contribution is 2.11. The molecule has 0 radical (unpaired) electrons. The highest BCUT2D eigenvalue weighted by Gasteiger charge is 2.09. The molecule has 0 aliphatic carbocycles. The molecular weight excluding hydrogens is 326 g/mol. The van der Waals surface area contributed by atoms with Gasteiger partial charge in [-0.25, -0.2) is 8.78 Å². The molecule has 6 heteroatoms. The van der Waals surface area contributed by atoms with Crippen molar-refractivity contribution in [2.75, 3.05) is 5.32 Å². The Hall–Kier alpha value is -3.28. The third kappa shape index (κ3) is 4.17. The van der Waals surface area contributed by atoms with Gasteiger partial charge in [0, 0.05) is 18.0 Å². The maximum atomic E-state index is 13.0. The van der Waals surface area contributed by atoms with E-state index in [9.17, 15) is 18.4 Å². The number of carbonyl (C=O) groups is 1. The molecule has 0 spiro atoms. The number of carbonyl (C=O) groups excluding carboxylic acids is 1. The number of nitrogens with one attached hydrogen (secondary N) is 1. The third-order valence-electron chi connectivity index (χ3n) is 3.61. The van der Waals surface area contributed by atoms with E-state index in [4.69, 9.17) is 0 Å². The zero-order chi connectivity index (χ0) is 17.8. The summed E-state index contributed by atoms with van der Waals surface area (Å²) < 4.78 is 27.2. The van der Waals surface area contributed by atoms with Gasteiger partial charge in [-0.1, -0.05) is 12.1 Å². The Morgan fingerprint density at radius 3 is 2.12 bits per heavy atom. The van der Waals surface area contributed by atoms with Gasteiger partial charge in [-0.05, 0) is 48.0 Å². The van der Waals surface area contributed by atoms with Gasteiger partial charge in [0.1, 0.15) is 11.6 Å². The molecule has 4 nitrogen and oxygen atoms in total. The second kappa shape index (κ2) is 7.09. The first kappa shape index (κ1) is 16.6. The van der Waals surface area contributed by atoms with Crippen molar-refractivity contribution in [3.05, 3.63) is 100.0 Å². The predicted octanol–water partition coefficient (Wildman–Crippen LogP) is 3.43. The van der Waals surface area contributed by atoms with Crippen LogP contribution in [0.2, 0.25) is 0 Å². The zero-order valence-corrected chi connectivity index (χ0v) is 13.1. The lowest BCUT2D eigenvalue weighted by Crippen LogP contribution is -2.22.